The van der Waals surface area contributed by atoms with Crippen molar-refractivity contribution in [3.8, 4) is 0 Å². The third-order valence-corrected chi connectivity index (χ3v) is 6.79. The van der Waals surface area contributed by atoms with Gasteiger partial charge in [0.15, 0.2) is 0 Å². The molecule has 1 fully saturated rings. The molecule has 12 heavy (non-hydrogen) atoms. The van der Waals surface area contributed by atoms with Crippen LogP contribution in [0.5, 0.6) is 0 Å². The van der Waals surface area contributed by atoms with E-state index in [4.69, 9.17) is 13.6 Å². The van der Waals surface area contributed by atoms with E-state index in [9.17, 15) is 4.79 Å². The van der Waals surface area contributed by atoms with Crippen molar-refractivity contribution in [2.45, 2.75) is 0 Å². The topological polar surface area (TPSA) is 76.8 Å². The number of hydrogen-bond acceptors (Lipinski definition) is 6. The van der Waals surface area contributed by atoms with Gasteiger partial charge in [-0.25, -0.2) is 0 Å². The second kappa shape index (κ2) is 4.69. The summed E-state index contributed by atoms with van der Waals surface area (Å²) in [6.07, 6.45) is -0.703. The van der Waals surface area contributed by atoms with E-state index in [1.54, 1.807) is 0 Å². The van der Waals surface area contributed by atoms with Crippen LogP contribution in [-0.4, -0.2) is 17.5 Å². The summed E-state index contributed by atoms with van der Waals surface area (Å²) in [6.45, 7) is 0. The number of hydrogen-bond donors (Lipinski definition) is 2. The second-order valence-electron chi connectivity index (χ2n) is 1.51. The van der Waals surface area contributed by atoms with Crippen LogP contribution < -0.4 is 50.8 Å². The summed E-state index contributed by atoms with van der Waals surface area (Å²) in [4.78, 5) is 22.4. The van der Waals surface area contributed by atoms with E-state index in [-0.39, 0.29) is 3.08 Å². The van der Waals surface area contributed by atoms with Gasteiger partial charge in [-0.1, -0.05) is 0 Å². The van der Waals surface area contributed by atoms with Gasteiger partial charge < -0.3 is 0 Å². The Labute approximate surface area is 104 Å². The van der Waals surface area contributed by atoms with Gasteiger partial charge in [-0.05, 0) is 0 Å². The molecule has 0 aliphatic carbocycles. The fraction of sp³-hybridized carbons (Fsp3) is 0.500. The number of alkyl halides is 1. The molecule has 0 spiro atoms. The maximum atomic E-state index is 10.8. The van der Waals surface area contributed by atoms with Crippen LogP contribution in [0.2, 0.25) is 0 Å². The van der Waals surface area contributed by atoms with Gasteiger partial charge >= 0.3 is 106 Å². The fourth-order valence-electron chi connectivity index (χ4n) is 0.510. The summed E-state index contributed by atoms with van der Waals surface area (Å²) in [5.74, 6) is 0. The molecule has 0 aromatic heterocycles. The average molecular weight is 515 g/mol. The summed E-state index contributed by atoms with van der Waals surface area (Å²) in [5, 5.41) is 0. The molecule has 1 rings (SSSR count). The molecule has 0 radical (unpaired) electrons. The quantitative estimate of drug-likeness (QED) is 0.222. The normalized spacial score (nSPS) is 30.8. The number of carbonyl (C=O) groups is 1. The Morgan fingerprint density at radius 2 is 2.50 bits per heavy atom. The molecular formula is C2H6I3N4O3-. The van der Waals surface area contributed by atoms with Crippen molar-refractivity contribution in [2.24, 2.45) is 3.95 Å². The van der Waals surface area contributed by atoms with Crippen LogP contribution >= 0.6 is 22.9 Å². The Kier molecular flexibility index (Phi) is 4.45. The zero-order valence-corrected chi connectivity index (χ0v) is 12.3. The number of rotatable bonds is 3. The number of halogens is 3. The predicted molar refractivity (Wildman–Crippen MR) is 36.9 cm³/mol. The Bertz CT molecular complexity index is 186. The van der Waals surface area contributed by atoms with Gasteiger partial charge in [-0.3, -0.25) is 0 Å². The first-order valence-electron chi connectivity index (χ1n) is 2.52. The number of nitrogens with zero attached hydrogens (tertiary/aromatic N) is 2. The molecular weight excluding hydrogens is 509 g/mol. The molecule has 1 aliphatic rings. The van der Waals surface area contributed by atoms with Crippen LogP contribution in [0.1, 0.15) is 0 Å². The van der Waals surface area contributed by atoms with Crippen molar-refractivity contribution in [3.63, 3.8) is 0 Å². The van der Waals surface area contributed by atoms with Gasteiger partial charge in [0.2, 0.25) is 0 Å². The minimum absolute atomic E-state index is 0.0813. The maximum absolute atomic E-state index is 10.8. The summed E-state index contributed by atoms with van der Waals surface area (Å²) in [7, 11) is 0. The van der Waals surface area contributed by atoms with E-state index in [0.717, 1.165) is 0 Å². The van der Waals surface area contributed by atoms with Gasteiger partial charge in [0.05, 0.1) is 0 Å². The molecule has 0 saturated carbocycles. The number of nitrogens with two attached hydrogens (primary N) is 1. The number of quaternary nitrogens is 1. The molecule has 7 nitrogen and oxygen atoms in total. The van der Waals surface area contributed by atoms with Crippen LogP contribution in [-0.2, 0) is 9.68 Å². The summed E-state index contributed by atoms with van der Waals surface area (Å²) >= 11 is 0.643. The molecule has 0 bridgehead atoms. The SMILES string of the molecule is C[I-][N+]1(NI)OC(=O)ON1[I-]N. The standard InChI is InChI=1S/C2H6I3N4O3/c1-4-9(7-3)8(5-6)11-2(10)12-9/h7H,6H2,1H3/q-1. The van der Waals surface area contributed by atoms with Crippen LogP contribution in [0, 0.1) is 0 Å². The second-order valence-corrected chi connectivity index (χ2v) is 5.65. The third-order valence-electron chi connectivity index (χ3n) is 0.964. The zero-order chi connectivity index (χ0) is 9.19. The Morgan fingerprint density at radius 3 is 2.83 bits per heavy atom. The van der Waals surface area contributed by atoms with E-state index in [1.165, 1.54) is 3.39 Å². The van der Waals surface area contributed by atoms with Gasteiger partial charge in [0.1, 0.15) is 0 Å². The molecule has 3 N–H and O–H groups in total. The first-order valence-corrected chi connectivity index (χ1v) is 8.94. The van der Waals surface area contributed by atoms with Gasteiger partial charge in [0.25, 0.3) is 0 Å². The molecule has 0 amide bonds. The fourth-order valence-corrected chi connectivity index (χ4v) is 5.92. The minimum atomic E-state index is -0.828. The zero-order valence-electron chi connectivity index (χ0n) is 5.83. The van der Waals surface area contributed by atoms with Crippen molar-refractivity contribution in [1.29, 1.82) is 0 Å². The van der Waals surface area contributed by atoms with E-state index in [0.29, 0.717) is 0 Å². The molecule has 0 aromatic rings. The molecule has 1 heterocycles. The van der Waals surface area contributed by atoms with Crippen molar-refractivity contribution in [3.05, 3.63) is 0 Å². The monoisotopic (exact) mass is 515 g/mol. The molecule has 0 aromatic carbocycles. The van der Waals surface area contributed by atoms with Gasteiger partial charge in [-0.15, -0.1) is 0 Å². The van der Waals surface area contributed by atoms with Crippen LogP contribution in [0.3, 0.4) is 0 Å². The Hall–Kier alpha value is 1.30. The number of nitrogens with one attached hydrogen (secondary N) is 1. The first kappa shape index (κ1) is 11.4. The first-order chi connectivity index (χ1) is 5.68. The molecule has 74 valence electrons. The molecule has 1 atom stereocenters. The summed E-state index contributed by atoms with van der Waals surface area (Å²) in [5.41, 5.74) is 0. The Morgan fingerprint density at radius 1 is 1.83 bits per heavy atom. The molecule has 1 aliphatic heterocycles. The van der Waals surface area contributed by atoms with Gasteiger partial charge in [0, 0.05) is 0 Å². The van der Waals surface area contributed by atoms with Crippen molar-refractivity contribution < 1.29 is 60.8 Å². The van der Waals surface area contributed by atoms with Crippen molar-refractivity contribution in [2.75, 3.05) is 4.93 Å². The number of carbonyl (C=O) groups excluding carboxylic acids is 1. The Balaban J connectivity index is 2.78. The molecule has 1 saturated heterocycles. The predicted octanol–water partition coefficient (Wildman–Crippen LogP) is -6.62. The average Bonchev–Trinajstić information content (AvgIpc) is 2.42. The van der Waals surface area contributed by atoms with E-state index in [1.807, 2.05) is 27.8 Å². The van der Waals surface area contributed by atoms with Crippen molar-refractivity contribution >= 4 is 29.0 Å². The van der Waals surface area contributed by atoms with Crippen LogP contribution in [0.4, 0.5) is 4.79 Å². The summed E-state index contributed by atoms with van der Waals surface area (Å²) < 4.78 is 9.56. The molecule has 10 heteroatoms. The van der Waals surface area contributed by atoms with E-state index >= 15 is 0 Å². The van der Waals surface area contributed by atoms with Crippen LogP contribution in [0.25, 0.3) is 0 Å². The third kappa shape index (κ3) is 2.03. The van der Waals surface area contributed by atoms with Crippen LogP contribution in [0.15, 0.2) is 0 Å². The molecule has 1 unspecified atom stereocenters. The van der Waals surface area contributed by atoms with Crippen molar-refractivity contribution in [1.82, 2.24) is 7.02 Å². The van der Waals surface area contributed by atoms with Gasteiger partial charge in [-0.2, -0.15) is 0 Å². The summed E-state index contributed by atoms with van der Waals surface area (Å²) in [6, 6.07) is 0. The van der Waals surface area contributed by atoms with E-state index < -0.39 is 49.4 Å². The van der Waals surface area contributed by atoms with E-state index in [2.05, 4.69) is 3.64 Å².